The van der Waals surface area contributed by atoms with Crippen molar-refractivity contribution in [1.82, 2.24) is 0 Å². The van der Waals surface area contributed by atoms with Gasteiger partial charge in [-0.05, 0) is 28.4 Å². The molecule has 0 spiro atoms. The number of hydrogen-bond acceptors (Lipinski definition) is 2. The summed E-state index contributed by atoms with van der Waals surface area (Å²) in [6.45, 7) is 10.9. The Hall–Kier alpha value is -1.05. The summed E-state index contributed by atoms with van der Waals surface area (Å²) in [5, 5.41) is 8.20. The molecule has 1 aliphatic carbocycles. The van der Waals surface area contributed by atoms with Crippen molar-refractivity contribution < 1.29 is 4.74 Å². The maximum atomic E-state index is 8.20. The largest absolute Gasteiger partial charge is 0.473 e. The van der Waals surface area contributed by atoms with E-state index in [0.29, 0.717) is 0 Å². The van der Waals surface area contributed by atoms with Crippen LogP contribution in [0.1, 0.15) is 41.0 Å². The summed E-state index contributed by atoms with van der Waals surface area (Å²) in [7, 11) is 0. The van der Waals surface area contributed by atoms with Crippen LogP contribution in [-0.2, 0) is 4.74 Å². The molecule has 1 atom stereocenters. The quantitative estimate of drug-likeness (QED) is 0.658. The average molecular weight is 219 g/mol. The maximum Gasteiger partial charge on any atom is 0.0908 e. The number of fused-ring (bicyclic) bond motifs is 1. The lowest BCUT2D eigenvalue weighted by molar-refractivity contribution is 0.322. The van der Waals surface area contributed by atoms with Gasteiger partial charge in [-0.1, -0.05) is 34.6 Å². The van der Waals surface area contributed by atoms with Crippen molar-refractivity contribution in [3.8, 4) is 0 Å². The molecule has 1 aliphatic heterocycles. The van der Waals surface area contributed by atoms with Gasteiger partial charge in [0, 0.05) is 11.6 Å². The van der Waals surface area contributed by atoms with E-state index in [4.69, 9.17) is 10.1 Å². The molecule has 0 bridgehead atoms. The summed E-state index contributed by atoms with van der Waals surface area (Å²) in [6.07, 6.45) is 4.53. The van der Waals surface area contributed by atoms with E-state index in [1.165, 1.54) is 11.1 Å². The molecule has 0 aromatic carbocycles. The van der Waals surface area contributed by atoms with Crippen LogP contribution in [0.5, 0.6) is 0 Å². The topological polar surface area (TPSA) is 33.1 Å². The molecule has 0 aromatic heterocycles. The van der Waals surface area contributed by atoms with Crippen LogP contribution in [0.15, 0.2) is 23.7 Å². The second-order valence-corrected chi connectivity index (χ2v) is 6.55. The van der Waals surface area contributed by atoms with Crippen LogP contribution in [0.3, 0.4) is 0 Å². The number of allylic oxidation sites excluding steroid dienone is 2. The van der Waals surface area contributed by atoms with E-state index in [-0.39, 0.29) is 16.7 Å². The van der Waals surface area contributed by atoms with Gasteiger partial charge >= 0.3 is 0 Å². The molecule has 0 aromatic rings. The summed E-state index contributed by atoms with van der Waals surface area (Å²) >= 11 is 0. The Kier molecular flexibility index (Phi) is 2.30. The van der Waals surface area contributed by atoms with Gasteiger partial charge in [-0.15, -0.1) is 0 Å². The van der Waals surface area contributed by atoms with Crippen molar-refractivity contribution in [2.75, 3.05) is 0 Å². The monoisotopic (exact) mass is 219 g/mol. The predicted octanol–water partition coefficient (Wildman–Crippen LogP) is 3.90. The van der Waals surface area contributed by atoms with Crippen LogP contribution in [0.4, 0.5) is 0 Å². The highest BCUT2D eigenvalue weighted by atomic mass is 16.5. The van der Waals surface area contributed by atoms with E-state index in [0.717, 1.165) is 12.1 Å². The van der Waals surface area contributed by atoms with Crippen LogP contribution in [-0.4, -0.2) is 5.71 Å². The van der Waals surface area contributed by atoms with Crippen LogP contribution in [0.25, 0.3) is 0 Å². The minimum Gasteiger partial charge on any atom is -0.473 e. The van der Waals surface area contributed by atoms with E-state index in [1.807, 2.05) is 12.5 Å². The Morgan fingerprint density at radius 3 is 2.50 bits per heavy atom. The molecule has 2 heteroatoms. The molecule has 1 unspecified atom stereocenters. The van der Waals surface area contributed by atoms with Gasteiger partial charge in [0.25, 0.3) is 0 Å². The highest BCUT2D eigenvalue weighted by Gasteiger charge is 2.46. The first-order valence-corrected chi connectivity index (χ1v) is 5.87. The zero-order valence-corrected chi connectivity index (χ0v) is 10.8. The number of rotatable bonds is 0. The second-order valence-electron chi connectivity index (χ2n) is 6.55. The van der Waals surface area contributed by atoms with Crippen molar-refractivity contribution in [1.29, 1.82) is 5.41 Å². The summed E-state index contributed by atoms with van der Waals surface area (Å²) in [6, 6.07) is 0. The smallest absolute Gasteiger partial charge is 0.0908 e. The first-order valence-electron chi connectivity index (χ1n) is 5.87. The van der Waals surface area contributed by atoms with Crippen LogP contribution in [0, 0.1) is 22.2 Å². The Bertz CT molecular complexity index is 393. The fourth-order valence-electron chi connectivity index (χ4n) is 2.70. The van der Waals surface area contributed by atoms with Crippen molar-refractivity contribution in [3.63, 3.8) is 0 Å². The van der Waals surface area contributed by atoms with Crippen molar-refractivity contribution in [2.45, 2.75) is 41.0 Å². The molecular formula is C14H21NO. The molecule has 1 N–H and O–H groups in total. The molecule has 0 radical (unpaired) electrons. The third-order valence-corrected chi connectivity index (χ3v) is 3.64. The lowest BCUT2D eigenvalue weighted by Gasteiger charge is -2.32. The molecule has 2 nitrogen and oxygen atoms in total. The van der Waals surface area contributed by atoms with Crippen LogP contribution >= 0.6 is 0 Å². The number of nitrogens with one attached hydrogen (secondary N) is 1. The molecule has 1 heterocycles. The van der Waals surface area contributed by atoms with Crippen molar-refractivity contribution in [3.05, 3.63) is 23.7 Å². The Balaban J connectivity index is 2.44. The van der Waals surface area contributed by atoms with Gasteiger partial charge in [0.2, 0.25) is 0 Å². The van der Waals surface area contributed by atoms with E-state index in [1.54, 1.807) is 0 Å². The van der Waals surface area contributed by atoms with Gasteiger partial charge in [-0.2, -0.15) is 0 Å². The van der Waals surface area contributed by atoms with Crippen LogP contribution < -0.4 is 0 Å². The fraction of sp³-hybridized carbons (Fsp3) is 0.643. The number of ether oxygens (including phenoxy) is 1. The molecule has 1 saturated carbocycles. The summed E-state index contributed by atoms with van der Waals surface area (Å²) in [4.78, 5) is 0. The van der Waals surface area contributed by atoms with Gasteiger partial charge in [-0.25, -0.2) is 0 Å². The highest BCUT2D eigenvalue weighted by molar-refractivity contribution is 5.94. The molecule has 16 heavy (non-hydrogen) atoms. The average Bonchev–Trinajstić information content (AvgIpc) is 2.36. The van der Waals surface area contributed by atoms with E-state index < -0.39 is 0 Å². The SMILES string of the molecule is CC(C)(C)C1=COC=C2C1C(=N)CC2(C)C. The molecule has 2 rings (SSSR count). The first kappa shape index (κ1) is 11.4. The second kappa shape index (κ2) is 3.22. The fourth-order valence-corrected chi connectivity index (χ4v) is 2.70. The lowest BCUT2D eigenvalue weighted by Crippen LogP contribution is -2.25. The van der Waals surface area contributed by atoms with Gasteiger partial charge in [-0.3, -0.25) is 0 Å². The Morgan fingerprint density at radius 1 is 1.31 bits per heavy atom. The van der Waals surface area contributed by atoms with Crippen molar-refractivity contribution in [2.24, 2.45) is 16.7 Å². The minimum atomic E-state index is 0.0664. The lowest BCUT2D eigenvalue weighted by atomic mass is 9.74. The third kappa shape index (κ3) is 1.60. The maximum absolute atomic E-state index is 8.20. The highest BCUT2D eigenvalue weighted by Crippen LogP contribution is 2.51. The van der Waals surface area contributed by atoms with Crippen molar-refractivity contribution >= 4 is 5.71 Å². The van der Waals surface area contributed by atoms with E-state index in [9.17, 15) is 0 Å². The standard InChI is InChI=1S/C14H21NO/c1-13(2,3)9-7-16-8-10-12(9)11(15)6-14(10,4)5/h7-8,12,15H,6H2,1-5H3. The Labute approximate surface area is 97.9 Å². The van der Waals surface area contributed by atoms with E-state index >= 15 is 0 Å². The molecular weight excluding hydrogens is 198 g/mol. The van der Waals surface area contributed by atoms with E-state index in [2.05, 4.69) is 34.6 Å². The molecule has 88 valence electrons. The van der Waals surface area contributed by atoms with Gasteiger partial charge < -0.3 is 10.1 Å². The number of hydrogen-bond donors (Lipinski definition) is 1. The summed E-state index contributed by atoms with van der Waals surface area (Å²) in [5.41, 5.74) is 3.48. The van der Waals surface area contributed by atoms with Gasteiger partial charge in [0.05, 0.1) is 12.5 Å². The third-order valence-electron chi connectivity index (χ3n) is 3.64. The molecule has 0 saturated heterocycles. The predicted molar refractivity (Wildman–Crippen MR) is 66.3 cm³/mol. The summed E-state index contributed by atoms with van der Waals surface area (Å²) in [5.74, 6) is 0.184. The first-order chi connectivity index (χ1) is 7.23. The molecule has 0 amide bonds. The normalized spacial score (nSPS) is 28.1. The Morgan fingerprint density at radius 2 is 1.94 bits per heavy atom. The zero-order valence-electron chi connectivity index (χ0n) is 10.8. The van der Waals surface area contributed by atoms with Crippen LogP contribution in [0.2, 0.25) is 0 Å². The van der Waals surface area contributed by atoms with Gasteiger partial charge in [0.15, 0.2) is 0 Å². The molecule has 2 aliphatic rings. The van der Waals surface area contributed by atoms with Gasteiger partial charge in [0.1, 0.15) is 0 Å². The zero-order chi connectivity index (χ0) is 12.1. The minimum absolute atomic E-state index is 0.0664. The summed E-state index contributed by atoms with van der Waals surface area (Å²) < 4.78 is 5.49. The molecule has 1 fully saturated rings.